The number of carbonyl (C=O) groups excluding carboxylic acids is 1. The monoisotopic (exact) mass is 448 g/mol. The number of carbonyl (C=O) groups is 1. The molecule has 2 aromatic carbocycles. The molecule has 0 radical (unpaired) electrons. The van der Waals surface area contributed by atoms with Gasteiger partial charge in [0.2, 0.25) is 5.91 Å². The zero-order valence-corrected chi connectivity index (χ0v) is 15.4. The summed E-state index contributed by atoms with van der Waals surface area (Å²) in [5, 5.41) is 3.34. The van der Waals surface area contributed by atoms with Crippen LogP contribution in [0.5, 0.6) is 0 Å². The third-order valence-electron chi connectivity index (χ3n) is 2.55. The molecule has 0 unspecified atom stereocenters. The summed E-state index contributed by atoms with van der Waals surface area (Å²) in [5.41, 5.74) is 6.91. The fourth-order valence-electron chi connectivity index (χ4n) is 1.52. The van der Waals surface area contributed by atoms with E-state index in [-0.39, 0.29) is 5.91 Å². The van der Waals surface area contributed by atoms with E-state index in [1.165, 1.54) is 11.8 Å². The normalized spacial score (nSPS) is 10.4. The second kappa shape index (κ2) is 7.54. The van der Waals surface area contributed by atoms with Crippen molar-refractivity contribution in [2.45, 2.75) is 4.90 Å². The number of hydrogen-bond acceptors (Lipinski definition) is 3. The third-order valence-corrected chi connectivity index (χ3v) is 5.02. The van der Waals surface area contributed by atoms with Gasteiger partial charge >= 0.3 is 0 Å². The van der Waals surface area contributed by atoms with Crippen LogP contribution in [0.25, 0.3) is 0 Å². The van der Waals surface area contributed by atoms with Gasteiger partial charge in [-0.1, -0.05) is 27.5 Å². The first-order valence-corrected chi connectivity index (χ1v) is 8.83. The standard InChI is InChI=1S/C14H11Br2ClN2OS/c15-8-1-4-13(10(16)5-8)19-14(20)7-21-9-2-3-12(18)11(17)6-9/h1-6H,7,18H2,(H,19,20). The lowest BCUT2D eigenvalue weighted by molar-refractivity contribution is -0.113. The molecule has 0 aliphatic carbocycles. The van der Waals surface area contributed by atoms with Gasteiger partial charge in [0.05, 0.1) is 22.2 Å². The highest BCUT2D eigenvalue weighted by atomic mass is 79.9. The number of hydrogen-bond donors (Lipinski definition) is 2. The third kappa shape index (κ3) is 4.92. The van der Waals surface area contributed by atoms with Crippen LogP contribution in [-0.4, -0.2) is 11.7 Å². The van der Waals surface area contributed by atoms with Crippen LogP contribution in [0.15, 0.2) is 50.2 Å². The maximum Gasteiger partial charge on any atom is 0.234 e. The van der Waals surface area contributed by atoms with E-state index in [4.69, 9.17) is 17.3 Å². The van der Waals surface area contributed by atoms with Crippen LogP contribution in [0.2, 0.25) is 5.02 Å². The van der Waals surface area contributed by atoms with E-state index >= 15 is 0 Å². The Morgan fingerprint density at radius 2 is 2.00 bits per heavy atom. The van der Waals surface area contributed by atoms with Gasteiger partial charge in [0.15, 0.2) is 0 Å². The molecule has 0 fully saturated rings. The van der Waals surface area contributed by atoms with Crippen LogP contribution in [0, 0.1) is 0 Å². The number of anilines is 2. The Morgan fingerprint density at radius 3 is 2.67 bits per heavy atom. The van der Waals surface area contributed by atoms with Crippen LogP contribution in [0.3, 0.4) is 0 Å². The average molecular weight is 451 g/mol. The molecule has 0 spiro atoms. The second-order valence-corrected chi connectivity index (χ2v) is 7.37. The first-order valence-electron chi connectivity index (χ1n) is 5.88. The first-order chi connectivity index (χ1) is 9.95. The second-order valence-electron chi connectivity index (χ2n) is 4.14. The summed E-state index contributed by atoms with van der Waals surface area (Å²) >= 11 is 14.1. The van der Waals surface area contributed by atoms with Gasteiger partial charge in [-0.2, -0.15) is 0 Å². The van der Waals surface area contributed by atoms with Crippen molar-refractivity contribution in [3.05, 3.63) is 50.4 Å². The highest BCUT2D eigenvalue weighted by Gasteiger charge is 2.07. The van der Waals surface area contributed by atoms with Crippen LogP contribution >= 0.6 is 55.2 Å². The van der Waals surface area contributed by atoms with E-state index in [9.17, 15) is 4.79 Å². The van der Waals surface area contributed by atoms with Crippen molar-refractivity contribution in [2.24, 2.45) is 0 Å². The SMILES string of the molecule is Nc1ccc(SCC(=O)Nc2ccc(Br)cc2Br)cc1Cl. The van der Waals surface area contributed by atoms with Crippen molar-refractivity contribution in [3.63, 3.8) is 0 Å². The number of nitrogens with one attached hydrogen (secondary N) is 1. The fraction of sp³-hybridized carbons (Fsp3) is 0.0714. The van der Waals surface area contributed by atoms with Crippen molar-refractivity contribution in [1.29, 1.82) is 0 Å². The molecular formula is C14H11Br2ClN2OS. The van der Waals surface area contributed by atoms with E-state index in [0.29, 0.717) is 16.5 Å². The fourth-order valence-corrected chi connectivity index (χ4v) is 3.65. The molecule has 0 saturated carbocycles. The lowest BCUT2D eigenvalue weighted by Gasteiger charge is -2.08. The molecular weight excluding hydrogens is 439 g/mol. The van der Waals surface area contributed by atoms with Crippen molar-refractivity contribution in [1.82, 2.24) is 0 Å². The molecule has 2 aromatic rings. The molecule has 0 bridgehead atoms. The summed E-state index contributed by atoms with van der Waals surface area (Å²) in [6, 6.07) is 10.9. The Hall–Kier alpha value is -0.690. The summed E-state index contributed by atoms with van der Waals surface area (Å²) in [6.07, 6.45) is 0. The molecule has 0 atom stereocenters. The minimum atomic E-state index is -0.0871. The molecule has 0 heterocycles. The van der Waals surface area contributed by atoms with E-state index in [2.05, 4.69) is 37.2 Å². The van der Waals surface area contributed by atoms with Gasteiger partial charge in [-0.25, -0.2) is 0 Å². The lowest BCUT2D eigenvalue weighted by Crippen LogP contribution is -2.14. The topological polar surface area (TPSA) is 55.1 Å². The van der Waals surface area contributed by atoms with Crippen LogP contribution in [-0.2, 0) is 4.79 Å². The van der Waals surface area contributed by atoms with Crippen LogP contribution in [0.4, 0.5) is 11.4 Å². The number of thioether (sulfide) groups is 1. The molecule has 1 amide bonds. The van der Waals surface area contributed by atoms with E-state index < -0.39 is 0 Å². The number of amides is 1. The van der Waals surface area contributed by atoms with Gasteiger partial charge in [-0.05, 0) is 52.3 Å². The summed E-state index contributed by atoms with van der Waals surface area (Å²) in [5.74, 6) is 0.207. The van der Waals surface area contributed by atoms with Crippen molar-refractivity contribution >= 4 is 72.5 Å². The summed E-state index contributed by atoms with van der Waals surface area (Å²) < 4.78 is 1.77. The molecule has 21 heavy (non-hydrogen) atoms. The van der Waals surface area contributed by atoms with E-state index in [1.54, 1.807) is 12.1 Å². The predicted octanol–water partition coefficient (Wildman–Crippen LogP) is 5.18. The summed E-state index contributed by atoms with van der Waals surface area (Å²) in [4.78, 5) is 12.9. The molecule has 110 valence electrons. The Morgan fingerprint density at radius 1 is 1.24 bits per heavy atom. The van der Waals surface area contributed by atoms with Gasteiger partial charge in [-0.15, -0.1) is 11.8 Å². The summed E-state index contributed by atoms with van der Waals surface area (Å²) in [7, 11) is 0. The molecule has 7 heteroatoms. The van der Waals surface area contributed by atoms with E-state index in [1.807, 2.05) is 24.3 Å². The molecule has 0 aliphatic rings. The lowest BCUT2D eigenvalue weighted by atomic mass is 10.3. The molecule has 3 N–H and O–H groups in total. The van der Waals surface area contributed by atoms with Gasteiger partial charge in [0.1, 0.15) is 0 Å². The van der Waals surface area contributed by atoms with E-state index in [0.717, 1.165) is 19.5 Å². The highest BCUT2D eigenvalue weighted by molar-refractivity contribution is 9.11. The quantitative estimate of drug-likeness (QED) is 0.499. The maximum absolute atomic E-state index is 12.0. The zero-order chi connectivity index (χ0) is 15.4. The molecule has 2 rings (SSSR count). The number of benzene rings is 2. The highest BCUT2D eigenvalue weighted by Crippen LogP contribution is 2.28. The van der Waals surface area contributed by atoms with Gasteiger partial charge < -0.3 is 11.1 Å². The summed E-state index contributed by atoms with van der Waals surface area (Å²) in [6.45, 7) is 0. The number of rotatable bonds is 4. The predicted molar refractivity (Wildman–Crippen MR) is 97.1 cm³/mol. The Labute approximate surface area is 148 Å². The van der Waals surface area contributed by atoms with Crippen molar-refractivity contribution in [2.75, 3.05) is 16.8 Å². The molecule has 0 saturated heterocycles. The van der Waals surface area contributed by atoms with Crippen molar-refractivity contribution < 1.29 is 4.79 Å². The number of halogens is 3. The maximum atomic E-state index is 12.0. The van der Waals surface area contributed by atoms with Crippen molar-refractivity contribution in [3.8, 4) is 0 Å². The molecule has 3 nitrogen and oxygen atoms in total. The average Bonchev–Trinajstić information content (AvgIpc) is 2.43. The molecule has 0 aromatic heterocycles. The van der Waals surface area contributed by atoms with Crippen LogP contribution < -0.4 is 11.1 Å². The minimum absolute atomic E-state index is 0.0871. The smallest absolute Gasteiger partial charge is 0.234 e. The largest absolute Gasteiger partial charge is 0.398 e. The Bertz CT molecular complexity index is 682. The van der Waals surface area contributed by atoms with Gasteiger partial charge in [-0.3, -0.25) is 4.79 Å². The Kier molecular flexibility index (Phi) is 5.98. The molecule has 0 aliphatic heterocycles. The van der Waals surface area contributed by atoms with Gasteiger partial charge in [0.25, 0.3) is 0 Å². The zero-order valence-electron chi connectivity index (χ0n) is 10.7. The van der Waals surface area contributed by atoms with Gasteiger partial charge in [0, 0.05) is 13.8 Å². The Balaban J connectivity index is 1.94. The number of nitrogens with two attached hydrogens (primary N) is 1. The first kappa shape index (κ1) is 16.7. The van der Waals surface area contributed by atoms with Crippen LogP contribution in [0.1, 0.15) is 0 Å². The minimum Gasteiger partial charge on any atom is -0.398 e. The number of nitrogen functional groups attached to an aromatic ring is 1.